The van der Waals surface area contributed by atoms with Crippen LogP contribution < -0.4 is 0 Å². The number of amides is 2. The first-order valence-corrected chi connectivity index (χ1v) is 12.3. The molecule has 3 fully saturated rings. The van der Waals surface area contributed by atoms with Crippen LogP contribution in [0, 0.1) is 11.8 Å². The molecular weight excluding hydrogens is 505 g/mol. The summed E-state index contributed by atoms with van der Waals surface area (Å²) in [4.78, 5) is 29.1. The maximum absolute atomic E-state index is 13.8. The van der Waals surface area contributed by atoms with E-state index in [4.69, 9.17) is 0 Å². The molecule has 7 nitrogen and oxygen atoms in total. The van der Waals surface area contributed by atoms with Crippen molar-refractivity contribution in [3.8, 4) is 0 Å². The van der Waals surface area contributed by atoms with Gasteiger partial charge in [0.05, 0.1) is 16.3 Å². The predicted molar refractivity (Wildman–Crippen MR) is 116 cm³/mol. The number of carbonyl (C=O) groups excluding carboxylic acids is 2. The lowest BCUT2D eigenvalue weighted by Crippen LogP contribution is -2.56. The van der Waals surface area contributed by atoms with Crippen molar-refractivity contribution in [2.75, 3.05) is 19.6 Å². The maximum atomic E-state index is 13.8. The van der Waals surface area contributed by atoms with Crippen molar-refractivity contribution in [3.05, 3.63) is 21.9 Å². The average Bonchev–Trinajstić information content (AvgIpc) is 3.57. The van der Waals surface area contributed by atoms with Gasteiger partial charge in [-0.05, 0) is 78.8 Å². The molecule has 1 N–H and O–H groups in total. The highest BCUT2D eigenvalue weighted by Crippen LogP contribution is 2.46. The summed E-state index contributed by atoms with van der Waals surface area (Å²) < 4.78 is 42.4. The molecule has 0 radical (unpaired) electrons. The number of hydrogen-bond donors (Lipinski definition) is 1. The second-order valence-electron chi connectivity index (χ2n) is 9.55. The van der Waals surface area contributed by atoms with Gasteiger partial charge in [0.25, 0.3) is 5.91 Å². The normalized spacial score (nSPS) is 28.6. The molecule has 33 heavy (non-hydrogen) atoms. The van der Waals surface area contributed by atoms with Gasteiger partial charge in [0.15, 0.2) is 5.69 Å². The van der Waals surface area contributed by atoms with Crippen LogP contribution in [0.1, 0.15) is 54.7 Å². The van der Waals surface area contributed by atoms with Gasteiger partial charge in [0.1, 0.15) is 12.2 Å². The number of hydrogen-bond acceptors (Lipinski definition) is 4. The molecule has 0 aromatic carbocycles. The lowest BCUT2D eigenvalue weighted by atomic mass is 9.91. The van der Waals surface area contributed by atoms with Crippen molar-refractivity contribution in [1.82, 2.24) is 19.6 Å². The zero-order valence-electron chi connectivity index (χ0n) is 18.0. The molecule has 1 unspecified atom stereocenters. The highest BCUT2D eigenvalue weighted by Gasteiger charge is 2.45. The molecule has 11 heteroatoms. The number of aliphatic hydroxyl groups is 1. The Morgan fingerprint density at radius 1 is 1.12 bits per heavy atom. The minimum atomic E-state index is -4.58. The highest BCUT2D eigenvalue weighted by atomic mass is 79.9. The molecule has 4 aliphatic rings. The van der Waals surface area contributed by atoms with E-state index < -0.39 is 17.8 Å². The molecule has 2 saturated carbocycles. The number of rotatable bonds is 3. The molecule has 1 saturated heterocycles. The number of nitrogens with zero attached hydrogens (tertiary/aromatic N) is 4. The van der Waals surface area contributed by atoms with Gasteiger partial charge in [-0.15, -0.1) is 0 Å². The van der Waals surface area contributed by atoms with Gasteiger partial charge in [0.2, 0.25) is 5.91 Å². The quantitative estimate of drug-likeness (QED) is 0.650. The molecule has 2 amide bonds. The number of piperazine rings is 1. The van der Waals surface area contributed by atoms with Crippen LogP contribution in [0.5, 0.6) is 0 Å². The number of aliphatic hydroxyl groups excluding tert-OH is 1. The van der Waals surface area contributed by atoms with E-state index in [-0.39, 0.29) is 46.6 Å². The second-order valence-corrected chi connectivity index (χ2v) is 10.3. The van der Waals surface area contributed by atoms with Gasteiger partial charge in [-0.25, -0.2) is 4.68 Å². The van der Waals surface area contributed by atoms with E-state index >= 15 is 0 Å². The van der Waals surface area contributed by atoms with Crippen LogP contribution in [0.4, 0.5) is 13.2 Å². The zero-order chi connectivity index (χ0) is 23.5. The molecule has 1 aromatic heterocycles. The van der Waals surface area contributed by atoms with Crippen molar-refractivity contribution in [3.63, 3.8) is 0 Å². The van der Waals surface area contributed by atoms with E-state index in [1.807, 2.05) is 0 Å². The molecule has 0 bridgehead atoms. The van der Waals surface area contributed by atoms with Crippen LogP contribution in [0.15, 0.2) is 10.5 Å². The number of allylic oxidation sites excluding steroid dienone is 2. The first kappa shape index (κ1) is 22.9. The minimum absolute atomic E-state index is 0.0589. The van der Waals surface area contributed by atoms with Gasteiger partial charge in [-0.3, -0.25) is 9.59 Å². The van der Waals surface area contributed by atoms with Crippen LogP contribution in [0.2, 0.25) is 0 Å². The largest absolute Gasteiger partial charge is 0.433 e. The Kier molecular flexibility index (Phi) is 5.83. The topological polar surface area (TPSA) is 78.7 Å². The molecule has 180 valence electrons. The third-order valence-corrected chi connectivity index (χ3v) is 8.15. The maximum Gasteiger partial charge on any atom is 0.433 e. The molecule has 3 heterocycles. The van der Waals surface area contributed by atoms with E-state index in [0.717, 1.165) is 30.4 Å². The summed E-state index contributed by atoms with van der Waals surface area (Å²) in [7, 11) is 0. The Hall–Kier alpha value is -1.88. The van der Waals surface area contributed by atoms with Gasteiger partial charge in [0, 0.05) is 19.1 Å². The fourth-order valence-electron chi connectivity index (χ4n) is 5.31. The molecule has 0 spiro atoms. The van der Waals surface area contributed by atoms with Crippen molar-refractivity contribution in [2.24, 2.45) is 11.8 Å². The number of aromatic nitrogens is 2. The third kappa shape index (κ3) is 4.34. The fourth-order valence-corrected chi connectivity index (χ4v) is 5.89. The summed E-state index contributed by atoms with van der Waals surface area (Å²) in [6, 6.07) is 0.0589. The number of halogens is 4. The number of alkyl halides is 3. The summed E-state index contributed by atoms with van der Waals surface area (Å²) in [6.07, 6.45) is 1.34. The zero-order valence-corrected chi connectivity index (χ0v) is 19.6. The van der Waals surface area contributed by atoms with Crippen LogP contribution in [-0.2, 0) is 11.2 Å². The monoisotopic (exact) mass is 530 g/mol. The Morgan fingerprint density at radius 2 is 1.82 bits per heavy atom. The van der Waals surface area contributed by atoms with Gasteiger partial charge in [-0.2, -0.15) is 18.3 Å². The van der Waals surface area contributed by atoms with Crippen LogP contribution in [0.25, 0.3) is 5.70 Å². The smallest absolute Gasteiger partial charge is 0.393 e. The first-order valence-electron chi connectivity index (χ1n) is 11.5. The second kappa shape index (κ2) is 8.41. The third-order valence-electron chi connectivity index (χ3n) is 7.32. The molecule has 1 atom stereocenters. The Morgan fingerprint density at radius 3 is 2.42 bits per heavy atom. The van der Waals surface area contributed by atoms with Gasteiger partial charge in [-0.1, -0.05) is 0 Å². The van der Waals surface area contributed by atoms with Crippen molar-refractivity contribution in [1.29, 1.82) is 0 Å². The lowest BCUT2D eigenvalue weighted by molar-refractivity contribution is -0.138. The molecular formula is C22H26BrF3N4O3. The number of fused-ring (bicyclic) bond motifs is 1. The van der Waals surface area contributed by atoms with Crippen LogP contribution >= 0.6 is 15.9 Å². The SMILES string of the molecule is O=C(c1nn2c(c1Br)CC(C1CC1)C=C2C(F)(F)F)N1CCN(C2CCC(O)CC2)C(=O)C1. The van der Waals surface area contributed by atoms with Crippen molar-refractivity contribution >= 4 is 33.4 Å². The van der Waals surface area contributed by atoms with E-state index in [2.05, 4.69) is 21.0 Å². The number of carbonyl (C=O) groups is 2. The first-order chi connectivity index (χ1) is 15.6. The summed E-state index contributed by atoms with van der Waals surface area (Å²) in [5.41, 5.74) is -0.574. The molecule has 2 aliphatic carbocycles. The summed E-state index contributed by atoms with van der Waals surface area (Å²) in [6.45, 7) is 0.540. The van der Waals surface area contributed by atoms with Crippen molar-refractivity contribution in [2.45, 2.75) is 63.3 Å². The van der Waals surface area contributed by atoms with Crippen molar-refractivity contribution < 1.29 is 27.9 Å². The summed E-state index contributed by atoms with van der Waals surface area (Å²) in [5.74, 6) is -0.700. The minimum Gasteiger partial charge on any atom is -0.393 e. The average molecular weight is 531 g/mol. The van der Waals surface area contributed by atoms with E-state index in [1.165, 1.54) is 11.0 Å². The fraction of sp³-hybridized carbons (Fsp3) is 0.682. The van der Waals surface area contributed by atoms with E-state index in [9.17, 15) is 27.9 Å². The van der Waals surface area contributed by atoms with E-state index in [1.54, 1.807) is 4.90 Å². The predicted octanol–water partition coefficient (Wildman–Crippen LogP) is 3.22. The summed E-state index contributed by atoms with van der Waals surface area (Å²) in [5, 5.41) is 13.8. The van der Waals surface area contributed by atoms with Gasteiger partial charge < -0.3 is 14.9 Å². The highest BCUT2D eigenvalue weighted by molar-refractivity contribution is 9.10. The Balaban J connectivity index is 1.34. The van der Waals surface area contributed by atoms with Crippen LogP contribution in [0.3, 0.4) is 0 Å². The van der Waals surface area contributed by atoms with E-state index in [0.29, 0.717) is 38.0 Å². The Bertz CT molecular complexity index is 996. The molecule has 1 aromatic rings. The molecule has 2 aliphatic heterocycles. The summed E-state index contributed by atoms with van der Waals surface area (Å²) >= 11 is 3.35. The van der Waals surface area contributed by atoms with Crippen LogP contribution in [-0.4, -0.2) is 74.5 Å². The van der Waals surface area contributed by atoms with Gasteiger partial charge >= 0.3 is 6.18 Å². The Labute approximate surface area is 197 Å². The molecule has 5 rings (SSSR count). The standard InChI is InChI=1S/C22H26BrF3N4O3/c23-19-16-9-13(12-1-2-12)10-17(22(24,25)26)30(16)27-20(19)21(33)28-7-8-29(18(32)11-28)14-3-5-15(31)6-4-14/h10,12-15,31H,1-9,11H2. The lowest BCUT2D eigenvalue weighted by Gasteiger charge is -2.41.